The number of carbonyl (C=O) groups is 4. The maximum Gasteiger partial charge on any atom is 0.410 e. The van der Waals surface area contributed by atoms with Crippen molar-refractivity contribution in [2.45, 2.75) is 104 Å². The van der Waals surface area contributed by atoms with E-state index in [9.17, 15) is 28.7 Å². The lowest BCUT2D eigenvalue weighted by Gasteiger charge is -2.38. The van der Waals surface area contributed by atoms with Crippen LogP contribution in [0.15, 0.2) is 36.5 Å². The molecule has 49 heavy (non-hydrogen) atoms. The van der Waals surface area contributed by atoms with Gasteiger partial charge in [0.1, 0.15) is 35.0 Å². The van der Waals surface area contributed by atoms with E-state index in [-0.39, 0.29) is 43.5 Å². The highest BCUT2D eigenvalue weighted by atomic mass is 19.1. The Bertz CT molecular complexity index is 1540. The molecule has 4 atom stereocenters. The fourth-order valence-corrected chi connectivity index (χ4v) is 5.94. The van der Waals surface area contributed by atoms with Crippen LogP contribution in [0.4, 0.5) is 9.18 Å². The zero-order valence-corrected chi connectivity index (χ0v) is 29.9. The molecular weight excluding hydrogens is 631 g/mol. The van der Waals surface area contributed by atoms with Gasteiger partial charge in [0.25, 0.3) is 5.91 Å². The number of fused-ring (bicyclic) bond motifs is 1. The zero-order chi connectivity index (χ0) is 36.3. The molecular formula is C36H51FN6O6. The Morgan fingerprint density at radius 1 is 1.12 bits per heavy atom. The summed E-state index contributed by atoms with van der Waals surface area (Å²) in [5.74, 6) is -0.817. The van der Waals surface area contributed by atoms with Crippen LogP contribution in [-0.4, -0.2) is 110 Å². The zero-order valence-electron chi connectivity index (χ0n) is 29.9. The van der Waals surface area contributed by atoms with Gasteiger partial charge < -0.3 is 29.5 Å². The highest BCUT2D eigenvalue weighted by Gasteiger charge is 2.44. The molecule has 2 unspecified atom stereocenters. The van der Waals surface area contributed by atoms with E-state index in [1.807, 2.05) is 37.6 Å². The summed E-state index contributed by atoms with van der Waals surface area (Å²) in [7, 11) is 1.46. The molecule has 2 aliphatic heterocycles. The number of aryl methyl sites for hydroxylation is 1. The lowest BCUT2D eigenvalue weighted by Crippen LogP contribution is -2.59. The molecule has 0 bridgehead atoms. The van der Waals surface area contributed by atoms with Crippen LogP contribution in [0.25, 0.3) is 6.20 Å². The average molecular weight is 683 g/mol. The van der Waals surface area contributed by atoms with E-state index in [1.165, 1.54) is 24.1 Å². The van der Waals surface area contributed by atoms with Gasteiger partial charge in [-0.25, -0.2) is 14.2 Å². The molecule has 2 aromatic rings. The number of halogens is 1. The molecule has 1 fully saturated rings. The third kappa shape index (κ3) is 9.68. The van der Waals surface area contributed by atoms with Crippen molar-refractivity contribution in [1.82, 2.24) is 29.6 Å². The van der Waals surface area contributed by atoms with E-state index in [2.05, 4.69) is 10.3 Å². The molecule has 0 radical (unpaired) electrons. The maximum atomic E-state index is 14.3. The highest BCUT2D eigenvalue weighted by Crippen LogP contribution is 2.27. The van der Waals surface area contributed by atoms with Crippen molar-refractivity contribution in [1.29, 1.82) is 0 Å². The molecule has 2 N–H and O–H groups in total. The summed E-state index contributed by atoms with van der Waals surface area (Å²) >= 11 is 0. The van der Waals surface area contributed by atoms with E-state index in [4.69, 9.17) is 4.74 Å². The summed E-state index contributed by atoms with van der Waals surface area (Å²) in [6.07, 6.45) is 6.30. The smallest absolute Gasteiger partial charge is 0.410 e. The van der Waals surface area contributed by atoms with Gasteiger partial charge in [0.05, 0.1) is 12.1 Å². The SMILES string of the molecule is C[C@@H](C(=O)N[C@H](C(=O)N1CC(O)CC1CN(CCc1ccc(F)cc1)C(=O)c1cn2c(n1)CCC=C2)C(C)(C)C)N(C)C(=O)OC(C)(C)C. The summed E-state index contributed by atoms with van der Waals surface area (Å²) in [5, 5.41) is 13.7. The van der Waals surface area contributed by atoms with Gasteiger partial charge in [-0.1, -0.05) is 39.0 Å². The van der Waals surface area contributed by atoms with Crippen molar-refractivity contribution in [3.63, 3.8) is 0 Å². The standard InChI is InChI=1S/C36H51FN6O6/c1-23(40(8)34(48)49-36(5,6)7)31(45)39-30(35(2,3)4)33(47)43-21-27(44)19-26(43)20-42(18-16-24-12-14-25(37)15-13-24)32(46)28-22-41-17-10-9-11-29(41)38-28/h10,12-15,17,22-23,26-27,30,44H,9,11,16,18-21H2,1-8H3,(H,39,45)/t23-,26?,27?,30+/m0/s1. The molecule has 0 spiro atoms. The minimum atomic E-state index is -1.00. The van der Waals surface area contributed by atoms with Crippen LogP contribution in [0, 0.1) is 11.2 Å². The maximum absolute atomic E-state index is 14.3. The molecule has 4 amide bonds. The minimum Gasteiger partial charge on any atom is -0.444 e. The Balaban J connectivity index is 1.55. The van der Waals surface area contributed by atoms with Crippen LogP contribution >= 0.6 is 0 Å². The normalized spacial score (nSPS) is 18.8. The molecule has 2 aliphatic rings. The number of nitrogens with zero attached hydrogens (tertiary/aromatic N) is 5. The summed E-state index contributed by atoms with van der Waals surface area (Å²) in [5.41, 5.74) is -0.373. The molecule has 4 rings (SSSR count). The highest BCUT2D eigenvalue weighted by molar-refractivity contribution is 5.93. The summed E-state index contributed by atoms with van der Waals surface area (Å²) in [4.78, 5) is 63.4. The molecule has 1 aromatic carbocycles. The predicted octanol–water partition coefficient (Wildman–Crippen LogP) is 3.87. The number of ether oxygens (including phenoxy) is 1. The molecule has 1 saturated heterocycles. The first kappa shape index (κ1) is 37.6. The number of benzene rings is 1. The Hall–Kier alpha value is -4.26. The summed E-state index contributed by atoms with van der Waals surface area (Å²) in [6.45, 7) is 12.6. The van der Waals surface area contributed by atoms with Gasteiger partial charge in [-0.15, -0.1) is 0 Å². The number of likely N-dealkylation sites (tertiary alicyclic amines) is 1. The van der Waals surface area contributed by atoms with Crippen molar-refractivity contribution < 1.29 is 33.4 Å². The quantitative estimate of drug-likeness (QED) is 0.388. The second-order valence-corrected chi connectivity index (χ2v) is 15.1. The number of β-amino-alcohol motifs (C(OH)–C–C–N with tert-alkyl or cyclic N) is 1. The second-order valence-electron chi connectivity index (χ2n) is 15.1. The molecule has 12 nitrogen and oxygen atoms in total. The Morgan fingerprint density at radius 2 is 1.80 bits per heavy atom. The van der Waals surface area contributed by atoms with Crippen molar-refractivity contribution in [2.24, 2.45) is 5.41 Å². The Morgan fingerprint density at radius 3 is 2.41 bits per heavy atom. The van der Waals surface area contributed by atoms with Crippen LogP contribution in [0.5, 0.6) is 0 Å². The third-order valence-corrected chi connectivity index (χ3v) is 8.85. The number of likely N-dealkylation sites (N-methyl/N-ethyl adjacent to an activating group) is 1. The monoisotopic (exact) mass is 682 g/mol. The lowest BCUT2D eigenvalue weighted by molar-refractivity contribution is -0.141. The number of aliphatic hydroxyl groups excluding tert-OH is 1. The van der Waals surface area contributed by atoms with E-state index < -0.39 is 53.2 Å². The number of aromatic nitrogens is 2. The van der Waals surface area contributed by atoms with Gasteiger partial charge in [0.2, 0.25) is 11.8 Å². The summed E-state index contributed by atoms with van der Waals surface area (Å²) in [6, 6.07) is 3.59. The number of hydrogen-bond donors (Lipinski definition) is 2. The fraction of sp³-hybridized carbons (Fsp3) is 0.583. The first-order valence-corrected chi connectivity index (χ1v) is 16.9. The van der Waals surface area contributed by atoms with Crippen molar-refractivity contribution >= 4 is 30.0 Å². The van der Waals surface area contributed by atoms with Gasteiger partial charge in [0.15, 0.2) is 0 Å². The Kier molecular flexibility index (Phi) is 11.6. The topological polar surface area (TPSA) is 137 Å². The number of rotatable bonds is 10. The van der Waals surface area contributed by atoms with Gasteiger partial charge in [0, 0.05) is 45.5 Å². The number of amides is 4. The largest absolute Gasteiger partial charge is 0.444 e. The predicted molar refractivity (Wildman–Crippen MR) is 183 cm³/mol. The number of carbonyl (C=O) groups excluding carboxylic acids is 4. The van der Waals surface area contributed by atoms with E-state index in [0.29, 0.717) is 12.8 Å². The van der Waals surface area contributed by atoms with Gasteiger partial charge >= 0.3 is 6.09 Å². The molecule has 0 aliphatic carbocycles. The van der Waals surface area contributed by atoms with Gasteiger partial charge in [-0.05, 0) is 70.1 Å². The minimum absolute atomic E-state index is 0.0306. The summed E-state index contributed by atoms with van der Waals surface area (Å²) < 4.78 is 20.8. The third-order valence-electron chi connectivity index (χ3n) is 8.85. The molecule has 1 aromatic heterocycles. The van der Waals surface area contributed by atoms with E-state index in [0.717, 1.165) is 17.8 Å². The molecule has 0 saturated carbocycles. The average Bonchev–Trinajstić information content (AvgIpc) is 3.62. The van der Waals surface area contributed by atoms with Crippen molar-refractivity contribution in [3.8, 4) is 0 Å². The molecule has 268 valence electrons. The Labute approximate surface area is 288 Å². The van der Waals surface area contributed by atoms with Crippen LogP contribution < -0.4 is 5.32 Å². The van der Waals surface area contributed by atoms with Crippen molar-refractivity contribution in [2.75, 3.05) is 26.7 Å². The van der Waals surface area contributed by atoms with Crippen LogP contribution in [0.3, 0.4) is 0 Å². The van der Waals surface area contributed by atoms with Crippen LogP contribution in [0.1, 0.15) is 83.2 Å². The van der Waals surface area contributed by atoms with E-state index >= 15 is 0 Å². The number of nitrogens with one attached hydrogen (secondary N) is 1. The van der Waals surface area contributed by atoms with E-state index in [1.54, 1.807) is 55.8 Å². The first-order chi connectivity index (χ1) is 22.8. The van der Waals surface area contributed by atoms with Gasteiger partial charge in [-0.2, -0.15) is 0 Å². The lowest BCUT2D eigenvalue weighted by atomic mass is 9.85. The van der Waals surface area contributed by atoms with Crippen LogP contribution in [-0.2, 0) is 27.2 Å². The van der Waals surface area contributed by atoms with Crippen molar-refractivity contribution in [3.05, 3.63) is 59.4 Å². The number of hydrogen-bond acceptors (Lipinski definition) is 7. The first-order valence-electron chi connectivity index (χ1n) is 16.9. The molecule has 13 heteroatoms. The van der Waals surface area contributed by atoms with Gasteiger partial charge in [-0.3, -0.25) is 19.3 Å². The second kappa shape index (κ2) is 15.1. The molecule has 3 heterocycles. The van der Waals surface area contributed by atoms with Crippen LogP contribution in [0.2, 0.25) is 0 Å². The number of allylic oxidation sites excluding steroid dienone is 1. The number of aliphatic hydroxyl groups is 1. The number of imidazole rings is 1. The fourth-order valence-electron chi connectivity index (χ4n) is 5.94.